The molecule has 0 spiro atoms. The minimum absolute atomic E-state index is 0.116. The molecule has 1 fully saturated rings. The topological polar surface area (TPSA) is 49.4 Å². The van der Waals surface area contributed by atoms with Crippen LogP contribution in [-0.4, -0.2) is 42.5 Å². The molecule has 1 N–H and O–H groups in total. The molecule has 22 heavy (non-hydrogen) atoms. The van der Waals surface area contributed by atoms with E-state index in [1.807, 2.05) is 11.4 Å². The van der Waals surface area contributed by atoms with E-state index >= 15 is 0 Å². The quantitative estimate of drug-likeness (QED) is 0.930. The average Bonchev–Trinajstić information content (AvgIpc) is 2.52. The Morgan fingerprint density at radius 3 is 2.27 bits per heavy atom. The summed E-state index contributed by atoms with van der Waals surface area (Å²) in [6.45, 7) is -0.565. The van der Waals surface area contributed by atoms with Gasteiger partial charge < -0.3 is 10.2 Å². The Morgan fingerprint density at radius 2 is 1.73 bits per heavy atom. The zero-order chi connectivity index (χ0) is 16.2. The molecule has 4 nitrogen and oxygen atoms in total. The predicted octanol–water partition coefficient (Wildman–Crippen LogP) is 2.22. The van der Waals surface area contributed by atoms with Crippen LogP contribution in [0, 0.1) is 5.92 Å². The number of nitrogens with one attached hydrogen (secondary N) is 1. The first-order valence-corrected chi connectivity index (χ1v) is 7.05. The summed E-state index contributed by atoms with van der Waals surface area (Å²) in [5, 5.41) is 1.90. The molecule has 0 aliphatic carbocycles. The van der Waals surface area contributed by atoms with Crippen molar-refractivity contribution in [2.75, 3.05) is 19.6 Å². The lowest BCUT2D eigenvalue weighted by Gasteiger charge is -2.31. The lowest BCUT2D eigenvalue weighted by molar-refractivity contribution is -0.141. The van der Waals surface area contributed by atoms with Crippen LogP contribution in [0.5, 0.6) is 0 Å². The number of halogens is 3. The van der Waals surface area contributed by atoms with Gasteiger partial charge in [-0.15, -0.1) is 0 Å². The second-order valence-electron chi connectivity index (χ2n) is 5.27. The molecule has 0 aromatic heterocycles. The van der Waals surface area contributed by atoms with Crippen molar-refractivity contribution in [3.63, 3.8) is 0 Å². The summed E-state index contributed by atoms with van der Waals surface area (Å²) in [4.78, 5) is 25.5. The maximum Gasteiger partial charge on any atom is 0.405 e. The molecule has 120 valence electrons. The molecule has 0 radical (unpaired) electrons. The van der Waals surface area contributed by atoms with Gasteiger partial charge in [-0.3, -0.25) is 9.59 Å². The molecule has 1 aromatic carbocycles. The van der Waals surface area contributed by atoms with Crippen LogP contribution in [0.3, 0.4) is 0 Å². The molecule has 1 aliphatic rings. The summed E-state index contributed by atoms with van der Waals surface area (Å²) in [5.41, 5.74) is 0.572. The van der Waals surface area contributed by atoms with Crippen LogP contribution in [0.4, 0.5) is 13.2 Å². The monoisotopic (exact) mass is 314 g/mol. The number of nitrogens with zero attached hydrogens (tertiary/aromatic N) is 1. The maximum atomic E-state index is 12.2. The van der Waals surface area contributed by atoms with E-state index in [-0.39, 0.29) is 5.91 Å². The van der Waals surface area contributed by atoms with Crippen molar-refractivity contribution in [3.05, 3.63) is 35.9 Å². The van der Waals surface area contributed by atoms with Gasteiger partial charge in [0, 0.05) is 24.6 Å². The number of carbonyl (C=O) groups is 2. The molecule has 0 atom stereocenters. The SMILES string of the molecule is O=C(NCC(F)(F)F)C1CCN(C(=O)c2ccccc2)CC1. The Hall–Kier alpha value is -2.05. The van der Waals surface area contributed by atoms with Gasteiger partial charge in [0.2, 0.25) is 5.91 Å². The molecule has 7 heteroatoms. The van der Waals surface area contributed by atoms with Crippen LogP contribution in [0.2, 0.25) is 0 Å². The zero-order valence-corrected chi connectivity index (χ0v) is 11.9. The Labute approximate surface area is 126 Å². The van der Waals surface area contributed by atoms with Crippen molar-refractivity contribution in [3.8, 4) is 0 Å². The summed E-state index contributed by atoms with van der Waals surface area (Å²) >= 11 is 0. The molecular formula is C15H17F3N2O2. The van der Waals surface area contributed by atoms with Gasteiger partial charge in [0.05, 0.1) is 0 Å². The number of carbonyl (C=O) groups excluding carboxylic acids is 2. The fourth-order valence-electron chi connectivity index (χ4n) is 2.44. The summed E-state index contributed by atoms with van der Waals surface area (Å²) in [7, 11) is 0. The minimum atomic E-state index is -4.40. The average molecular weight is 314 g/mol. The van der Waals surface area contributed by atoms with Gasteiger partial charge in [-0.25, -0.2) is 0 Å². The van der Waals surface area contributed by atoms with Crippen molar-refractivity contribution in [1.29, 1.82) is 0 Å². The first kappa shape index (κ1) is 16.3. The maximum absolute atomic E-state index is 12.2. The molecule has 1 aliphatic heterocycles. The second-order valence-corrected chi connectivity index (χ2v) is 5.27. The van der Waals surface area contributed by atoms with Crippen LogP contribution in [0.1, 0.15) is 23.2 Å². The third-order valence-electron chi connectivity index (χ3n) is 3.64. The van der Waals surface area contributed by atoms with Crippen LogP contribution in [0.15, 0.2) is 30.3 Å². The van der Waals surface area contributed by atoms with E-state index in [1.165, 1.54) is 0 Å². The van der Waals surface area contributed by atoms with Gasteiger partial charge in [0.15, 0.2) is 0 Å². The lowest BCUT2D eigenvalue weighted by Crippen LogP contribution is -2.44. The number of benzene rings is 1. The number of amides is 2. The highest BCUT2D eigenvalue weighted by atomic mass is 19.4. The molecule has 0 saturated carbocycles. The highest BCUT2D eigenvalue weighted by Gasteiger charge is 2.31. The summed E-state index contributed by atoms with van der Waals surface area (Å²) < 4.78 is 36.2. The second kappa shape index (κ2) is 6.81. The largest absolute Gasteiger partial charge is 0.405 e. The first-order valence-electron chi connectivity index (χ1n) is 7.05. The number of hydrogen-bond donors (Lipinski definition) is 1. The Bertz CT molecular complexity index is 523. The van der Waals surface area contributed by atoms with E-state index in [9.17, 15) is 22.8 Å². The van der Waals surface area contributed by atoms with Crippen LogP contribution in [-0.2, 0) is 4.79 Å². The zero-order valence-electron chi connectivity index (χ0n) is 11.9. The number of likely N-dealkylation sites (tertiary alicyclic amines) is 1. The van der Waals surface area contributed by atoms with E-state index in [2.05, 4.69) is 0 Å². The molecule has 2 amide bonds. The van der Waals surface area contributed by atoms with Crippen molar-refractivity contribution in [1.82, 2.24) is 10.2 Å². The first-order chi connectivity index (χ1) is 10.4. The molecular weight excluding hydrogens is 297 g/mol. The lowest BCUT2D eigenvalue weighted by atomic mass is 9.95. The van der Waals surface area contributed by atoms with Gasteiger partial charge in [-0.1, -0.05) is 18.2 Å². The molecule has 0 bridgehead atoms. The normalized spacial score (nSPS) is 16.4. The molecule has 1 saturated heterocycles. The Balaban J connectivity index is 1.83. The van der Waals surface area contributed by atoms with E-state index in [1.54, 1.807) is 29.2 Å². The number of hydrogen-bond acceptors (Lipinski definition) is 2. The van der Waals surface area contributed by atoms with E-state index < -0.39 is 24.5 Å². The van der Waals surface area contributed by atoms with Crippen molar-refractivity contribution in [2.45, 2.75) is 19.0 Å². The molecule has 2 rings (SSSR count). The number of piperidine rings is 1. The fraction of sp³-hybridized carbons (Fsp3) is 0.467. The third kappa shape index (κ3) is 4.47. The minimum Gasteiger partial charge on any atom is -0.347 e. The number of rotatable bonds is 3. The fourth-order valence-corrected chi connectivity index (χ4v) is 2.44. The van der Waals surface area contributed by atoms with Gasteiger partial charge in [-0.05, 0) is 25.0 Å². The van der Waals surface area contributed by atoms with Gasteiger partial charge in [-0.2, -0.15) is 13.2 Å². The molecule has 1 aromatic rings. The smallest absolute Gasteiger partial charge is 0.347 e. The Morgan fingerprint density at radius 1 is 1.14 bits per heavy atom. The Kier molecular flexibility index (Phi) is 5.05. The molecule has 1 heterocycles. The summed E-state index contributed by atoms with van der Waals surface area (Å²) in [6, 6.07) is 8.78. The van der Waals surface area contributed by atoms with Crippen molar-refractivity contribution in [2.24, 2.45) is 5.92 Å². The highest BCUT2D eigenvalue weighted by molar-refractivity contribution is 5.94. The van der Waals surface area contributed by atoms with Gasteiger partial charge in [0.1, 0.15) is 6.54 Å². The number of alkyl halides is 3. The van der Waals surface area contributed by atoms with E-state index in [0.29, 0.717) is 31.5 Å². The van der Waals surface area contributed by atoms with E-state index in [0.717, 1.165) is 0 Å². The van der Waals surface area contributed by atoms with Crippen LogP contribution < -0.4 is 5.32 Å². The van der Waals surface area contributed by atoms with E-state index in [4.69, 9.17) is 0 Å². The van der Waals surface area contributed by atoms with Crippen LogP contribution in [0.25, 0.3) is 0 Å². The standard InChI is InChI=1S/C15H17F3N2O2/c16-15(17,18)10-19-13(21)11-6-8-20(9-7-11)14(22)12-4-2-1-3-5-12/h1-5,11H,6-10H2,(H,19,21). The third-order valence-corrected chi connectivity index (χ3v) is 3.64. The van der Waals surface area contributed by atoms with Crippen molar-refractivity contribution < 1.29 is 22.8 Å². The van der Waals surface area contributed by atoms with Crippen LogP contribution >= 0.6 is 0 Å². The predicted molar refractivity (Wildman–Crippen MR) is 74.1 cm³/mol. The summed E-state index contributed by atoms with van der Waals surface area (Å²) in [6.07, 6.45) is -3.65. The molecule has 0 unspecified atom stereocenters. The van der Waals surface area contributed by atoms with Gasteiger partial charge in [0.25, 0.3) is 5.91 Å². The van der Waals surface area contributed by atoms with Crippen molar-refractivity contribution >= 4 is 11.8 Å². The summed E-state index contributed by atoms with van der Waals surface area (Å²) in [5.74, 6) is -1.18. The van der Waals surface area contributed by atoms with Gasteiger partial charge >= 0.3 is 6.18 Å². The highest BCUT2D eigenvalue weighted by Crippen LogP contribution is 2.20.